The molecule has 2 aromatic heterocycles. The second-order valence-corrected chi connectivity index (χ2v) is 5.27. The predicted molar refractivity (Wildman–Crippen MR) is 73.8 cm³/mol. The van der Waals surface area contributed by atoms with E-state index in [1.807, 2.05) is 25.3 Å². The fraction of sp³-hybridized carbons (Fsp3) is 0.500. The van der Waals surface area contributed by atoms with Crippen LogP contribution in [-0.2, 0) is 6.54 Å². The van der Waals surface area contributed by atoms with Gasteiger partial charge in [-0.3, -0.25) is 10.00 Å². The van der Waals surface area contributed by atoms with Crippen molar-refractivity contribution in [1.29, 1.82) is 0 Å². The van der Waals surface area contributed by atoms with Gasteiger partial charge in [-0.05, 0) is 26.0 Å². The van der Waals surface area contributed by atoms with Gasteiger partial charge in [0.05, 0.1) is 6.20 Å². The molecule has 0 amide bonds. The average molecular weight is 260 g/mol. The van der Waals surface area contributed by atoms with Crippen LogP contribution in [0.2, 0.25) is 0 Å². The fourth-order valence-corrected chi connectivity index (χ4v) is 2.61. The van der Waals surface area contributed by atoms with Crippen molar-refractivity contribution in [1.82, 2.24) is 20.4 Å². The molecule has 0 aromatic carbocycles. The summed E-state index contributed by atoms with van der Waals surface area (Å²) in [6.45, 7) is 8.29. The lowest BCUT2D eigenvalue weighted by molar-refractivity contribution is 0.200. The molecule has 0 unspecified atom stereocenters. The maximum Gasteiger partial charge on any atom is 0.152 e. The van der Waals surface area contributed by atoms with Crippen molar-refractivity contribution in [3.8, 4) is 11.5 Å². The Labute approximate surface area is 113 Å². The number of H-pyrrole nitrogens is 1. The first-order valence-corrected chi connectivity index (χ1v) is 6.77. The molecule has 0 radical (unpaired) electrons. The Kier molecular flexibility index (Phi) is 3.40. The van der Waals surface area contributed by atoms with Gasteiger partial charge in [0, 0.05) is 37.8 Å². The smallest absolute Gasteiger partial charge is 0.152 e. The van der Waals surface area contributed by atoms with Crippen molar-refractivity contribution in [2.45, 2.75) is 26.4 Å². The molecule has 2 N–H and O–H groups in total. The summed E-state index contributed by atoms with van der Waals surface area (Å²) >= 11 is 0. The number of nitrogens with zero attached hydrogens (tertiary/aromatic N) is 2. The van der Waals surface area contributed by atoms with Crippen LogP contribution in [0.5, 0.6) is 0 Å². The lowest BCUT2D eigenvalue weighted by Gasteiger charge is -2.31. The Balaban J connectivity index is 1.77. The van der Waals surface area contributed by atoms with Crippen molar-refractivity contribution in [2.24, 2.45) is 0 Å². The minimum absolute atomic E-state index is 0.551. The van der Waals surface area contributed by atoms with Crippen molar-refractivity contribution in [3.05, 3.63) is 29.7 Å². The SMILES string of the molecule is Cc1ccc(-c2[nH]ncc2CN2CCN[C@@H](C)C2)o1. The van der Waals surface area contributed by atoms with Gasteiger partial charge in [-0.25, -0.2) is 0 Å². The van der Waals surface area contributed by atoms with Gasteiger partial charge in [0.2, 0.25) is 0 Å². The zero-order chi connectivity index (χ0) is 13.2. The third kappa shape index (κ3) is 2.72. The zero-order valence-electron chi connectivity index (χ0n) is 11.4. The second kappa shape index (κ2) is 5.19. The normalized spacial score (nSPS) is 20.8. The Morgan fingerprint density at radius 2 is 2.37 bits per heavy atom. The molecule has 0 aliphatic carbocycles. The number of furan rings is 1. The molecule has 3 rings (SSSR count). The predicted octanol–water partition coefficient (Wildman–Crippen LogP) is 1.77. The zero-order valence-corrected chi connectivity index (χ0v) is 11.4. The summed E-state index contributed by atoms with van der Waals surface area (Å²) in [5, 5.41) is 10.7. The molecular weight excluding hydrogens is 240 g/mol. The molecule has 0 saturated carbocycles. The maximum absolute atomic E-state index is 5.68. The number of aryl methyl sites for hydroxylation is 1. The lowest BCUT2D eigenvalue weighted by atomic mass is 10.1. The van der Waals surface area contributed by atoms with E-state index in [0.717, 1.165) is 43.4 Å². The van der Waals surface area contributed by atoms with Crippen LogP contribution in [0.3, 0.4) is 0 Å². The van der Waals surface area contributed by atoms with E-state index in [4.69, 9.17) is 4.42 Å². The Hall–Kier alpha value is -1.59. The molecule has 2 aromatic rings. The van der Waals surface area contributed by atoms with Crippen LogP contribution in [0, 0.1) is 6.92 Å². The van der Waals surface area contributed by atoms with E-state index in [9.17, 15) is 0 Å². The average Bonchev–Trinajstić information content (AvgIpc) is 2.98. The summed E-state index contributed by atoms with van der Waals surface area (Å²) in [6.07, 6.45) is 1.90. The molecule has 1 aliphatic rings. The fourth-order valence-electron chi connectivity index (χ4n) is 2.61. The summed E-state index contributed by atoms with van der Waals surface area (Å²) < 4.78 is 5.68. The number of hydrogen-bond donors (Lipinski definition) is 2. The van der Waals surface area contributed by atoms with Gasteiger partial charge >= 0.3 is 0 Å². The Morgan fingerprint density at radius 1 is 1.47 bits per heavy atom. The van der Waals surface area contributed by atoms with Gasteiger partial charge in [0.25, 0.3) is 0 Å². The first kappa shape index (κ1) is 12.4. The summed E-state index contributed by atoms with van der Waals surface area (Å²) in [4.78, 5) is 2.45. The van der Waals surface area contributed by atoms with Gasteiger partial charge in [-0.1, -0.05) is 0 Å². The lowest BCUT2D eigenvalue weighted by Crippen LogP contribution is -2.48. The summed E-state index contributed by atoms with van der Waals surface area (Å²) in [7, 11) is 0. The van der Waals surface area contributed by atoms with Crippen LogP contribution in [0.1, 0.15) is 18.2 Å². The van der Waals surface area contributed by atoms with Crippen LogP contribution >= 0.6 is 0 Å². The molecule has 1 aliphatic heterocycles. The number of aromatic amines is 1. The van der Waals surface area contributed by atoms with Crippen molar-refractivity contribution in [2.75, 3.05) is 19.6 Å². The van der Waals surface area contributed by atoms with Crippen molar-refractivity contribution < 1.29 is 4.42 Å². The monoisotopic (exact) mass is 260 g/mol. The quantitative estimate of drug-likeness (QED) is 0.883. The molecule has 19 heavy (non-hydrogen) atoms. The van der Waals surface area contributed by atoms with Crippen LogP contribution in [0.4, 0.5) is 0 Å². The molecule has 5 nitrogen and oxygen atoms in total. The van der Waals surface area contributed by atoms with E-state index in [0.29, 0.717) is 6.04 Å². The Morgan fingerprint density at radius 3 is 3.11 bits per heavy atom. The highest BCUT2D eigenvalue weighted by molar-refractivity contribution is 5.56. The topological polar surface area (TPSA) is 57.1 Å². The first-order valence-electron chi connectivity index (χ1n) is 6.77. The summed E-state index contributed by atoms with van der Waals surface area (Å²) in [6, 6.07) is 4.52. The van der Waals surface area contributed by atoms with E-state index in [2.05, 4.69) is 27.3 Å². The van der Waals surface area contributed by atoms with Gasteiger partial charge in [-0.15, -0.1) is 0 Å². The maximum atomic E-state index is 5.68. The van der Waals surface area contributed by atoms with Crippen LogP contribution in [-0.4, -0.2) is 40.8 Å². The van der Waals surface area contributed by atoms with Crippen LogP contribution < -0.4 is 5.32 Å². The van der Waals surface area contributed by atoms with Gasteiger partial charge in [-0.2, -0.15) is 5.10 Å². The highest BCUT2D eigenvalue weighted by Crippen LogP contribution is 2.24. The molecule has 1 atom stereocenters. The second-order valence-electron chi connectivity index (χ2n) is 5.27. The van der Waals surface area contributed by atoms with Crippen LogP contribution in [0.15, 0.2) is 22.7 Å². The molecule has 0 bridgehead atoms. The van der Waals surface area contributed by atoms with E-state index < -0.39 is 0 Å². The van der Waals surface area contributed by atoms with E-state index >= 15 is 0 Å². The first-order chi connectivity index (χ1) is 9.22. The van der Waals surface area contributed by atoms with Crippen LogP contribution in [0.25, 0.3) is 11.5 Å². The van der Waals surface area contributed by atoms with Crippen molar-refractivity contribution >= 4 is 0 Å². The minimum atomic E-state index is 0.551. The molecule has 5 heteroatoms. The molecule has 3 heterocycles. The number of aromatic nitrogens is 2. The van der Waals surface area contributed by atoms with E-state index in [-0.39, 0.29) is 0 Å². The third-order valence-corrected chi connectivity index (χ3v) is 3.55. The number of hydrogen-bond acceptors (Lipinski definition) is 4. The van der Waals surface area contributed by atoms with Crippen molar-refractivity contribution in [3.63, 3.8) is 0 Å². The number of piperazine rings is 1. The molecule has 1 saturated heterocycles. The molecule has 1 fully saturated rings. The van der Waals surface area contributed by atoms with Gasteiger partial charge in [0.15, 0.2) is 5.76 Å². The standard InChI is InChI=1S/C14H20N4O/c1-10-8-18(6-5-15-10)9-12-7-16-17-14(12)13-4-3-11(2)19-13/h3-4,7,10,15H,5-6,8-9H2,1-2H3,(H,16,17)/t10-/m0/s1. The van der Waals surface area contributed by atoms with E-state index in [1.54, 1.807) is 0 Å². The molecule has 0 spiro atoms. The van der Waals surface area contributed by atoms with E-state index in [1.165, 1.54) is 5.56 Å². The summed E-state index contributed by atoms with van der Waals surface area (Å²) in [5.74, 6) is 1.79. The minimum Gasteiger partial charge on any atom is -0.460 e. The number of nitrogens with one attached hydrogen (secondary N) is 2. The largest absolute Gasteiger partial charge is 0.460 e. The highest BCUT2D eigenvalue weighted by atomic mass is 16.3. The third-order valence-electron chi connectivity index (χ3n) is 3.55. The van der Waals surface area contributed by atoms with Gasteiger partial charge in [0.1, 0.15) is 11.5 Å². The van der Waals surface area contributed by atoms with Gasteiger partial charge < -0.3 is 9.73 Å². The Bertz CT molecular complexity index is 545. The molecular formula is C14H20N4O. The highest BCUT2D eigenvalue weighted by Gasteiger charge is 2.18. The summed E-state index contributed by atoms with van der Waals surface area (Å²) in [5.41, 5.74) is 2.20. The number of rotatable bonds is 3. The molecule has 102 valence electrons.